The Balaban J connectivity index is 1.65. The first-order valence-corrected chi connectivity index (χ1v) is 11.2. The molecule has 0 aromatic heterocycles. The van der Waals surface area contributed by atoms with Crippen LogP contribution in [0.2, 0.25) is 0 Å². The van der Waals surface area contributed by atoms with Crippen LogP contribution in [-0.2, 0) is 4.74 Å². The van der Waals surface area contributed by atoms with Gasteiger partial charge in [-0.05, 0) is 73.3 Å². The van der Waals surface area contributed by atoms with Gasteiger partial charge in [-0.2, -0.15) is 0 Å². The quantitative estimate of drug-likeness (QED) is 0.340. The fraction of sp³-hybridized carbons (Fsp3) is 0.500. The molecule has 0 bridgehead atoms. The molecule has 0 spiro atoms. The molecule has 1 aliphatic carbocycles. The molecule has 3 heteroatoms. The van der Waals surface area contributed by atoms with Gasteiger partial charge in [-0.25, -0.2) is 9.18 Å². The third-order valence-corrected chi connectivity index (χ3v) is 6.17. The Bertz CT molecular complexity index is 789. The molecule has 2 nitrogen and oxygen atoms in total. The van der Waals surface area contributed by atoms with E-state index in [2.05, 4.69) is 19.9 Å². The standard InChI is InChI=1S/C26H33FO2/c1-3-5-17-29-26(28)22-13-11-21(12-14-22)24-16-15-23(18-25(24)27)20-9-7-19(6-4-2)8-10-20/h11-16,18-20H,3-10,17H2,1-2H3. The molecule has 0 aliphatic heterocycles. The van der Waals surface area contributed by atoms with E-state index in [-0.39, 0.29) is 11.8 Å². The Morgan fingerprint density at radius 3 is 2.34 bits per heavy atom. The van der Waals surface area contributed by atoms with Gasteiger partial charge in [-0.1, -0.05) is 57.4 Å². The minimum Gasteiger partial charge on any atom is -0.462 e. The molecule has 1 saturated carbocycles. The number of hydrogen-bond donors (Lipinski definition) is 0. The lowest BCUT2D eigenvalue weighted by molar-refractivity contribution is 0.0500. The summed E-state index contributed by atoms with van der Waals surface area (Å²) >= 11 is 0. The zero-order chi connectivity index (χ0) is 20.6. The van der Waals surface area contributed by atoms with Crippen LogP contribution in [0, 0.1) is 11.7 Å². The zero-order valence-corrected chi connectivity index (χ0v) is 17.8. The van der Waals surface area contributed by atoms with Gasteiger partial charge in [0.2, 0.25) is 0 Å². The van der Waals surface area contributed by atoms with E-state index in [0.717, 1.165) is 42.7 Å². The van der Waals surface area contributed by atoms with Crippen molar-refractivity contribution < 1.29 is 13.9 Å². The zero-order valence-electron chi connectivity index (χ0n) is 17.8. The van der Waals surface area contributed by atoms with E-state index in [4.69, 9.17) is 4.74 Å². The van der Waals surface area contributed by atoms with Crippen molar-refractivity contribution in [2.75, 3.05) is 6.61 Å². The maximum absolute atomic E-state index is 14.9. The number of ether oxygens (including phenoxy) is 1. The van der Waals surface area contributed by atoms with Crippen molar-refractivity contribution in [2.45, 2.75) is 71.1 Å². The SMILES string of the molecule is CCCCOC(=O)c1ccc(-c2ccc(C3CCC(CCC)CC3)cc2F)cc1. The third-order valence-electron chi connectivity index (χ3n) is 6.17. The van der Waals surface area contributed by atoms with Crippen LogP contribution in [0.4, 0.5) is 4.39 Å². The molecule has 0 atom stereocenters. The van der Waals surface area contributed by atoms with Gasteiger partial charge in [-0.15, -0.1) is 0 Å². The van der Waals surface area contributed by atoms with E-state index >= 15 is 0 Å². The first-order chi connectivity index (χ1) is 14.1. The molecule has 0 radical (unpaired) electrons. The van der Waals surface area contributed by atoms with Gasteiger partial charge in [0.15, 0.2) is 0 Å². The lowest BCUT2D eigenvalue weighted by atomic mass is 9.77. The van der Waals surface area contributed by atoms with Crippen LogP contribution >= 0.6 is 0 Å². The topological polar surface area (TPSA) is 26.3 Å². The number of carbonyl (C=O) groups excluding carboxylic acids is 1. The molecule has 0 unspecified atom stereocenters. The number of unbranched alkanes of at least 4 members (excludes halogenated alkanes) is 1. The van der Waals surface area contributed by atoms with Gasteiger partial charge < -0.3 is 4.74 Å². The van der Waals surface area contributed by atoms with Crippen LogP contribution in [-0.4, -0.2) is 12.6 Å². The highest BCUT2D eigenvalue weighted by molar-refractivity contribution is 5.90. The molecule has 29 heavy (non-hydrogen) atoms. The second-order valence-electron chi connectivity index (χ2n) is 8.31. The average Bonchev–Trinajstić information content (AvgIpc) is 2.75. The summed E-state index contributed by atoms with van der Waals surface area (Å²) in [6, 6.07) is 12.7. The first kappa shape index (κ1) is 21.5. The van der Waals surface area contributed by atoms with E-state index in [0.29, 0.717) is 23.7 Å². The maximum Gasteiger partial charge on any atom is 0.338 e. The lowest BCUT2D eigenvalue weighted by Crippen LogP contribution is -2.13. The van der Waals surface area contributed by atoms with Crippen LogP contribution in [0.3, 0.4) is 0 Å². The fourth-order valence-electron chi connectivity index (χ4n) is 4.39. The minimum atomic E-state index is -0.320. The number of halogens is 1. The molecule has 1 fully saturated rings. The van der Waals surface area contributed by atoms with Gasteiger partial charge >= 0.3 is 5.97 Å². The Morgan fingerprint density at radius 2 is 1.72 bits per heavy atom. The van der Waals surface area contributed by atoms with Crippen LogP contribution in [0.15, 0.2) is 42.5 Å². The molecule has 0 amide bonds. The summed E-state index contributed by atoms with van der Waals surface area (Å²) in [6.45, 7) is 4.75. The lowest BCUT2D eigenvalue weighted by Gasteiger charge is -2.28. The van der Waals surface area contributed by atoms with Crippen molar-refractivity contribution in [3.63, 3.8) is 0 Å². The van der Waals surface area contributed by atoms with E-state index in [1.165, 1.54) is 25.7 Å². The van der Waals surface area contributed by atoms with Crippen LogP contribution < -0.4 is 0 Å². The summed E-state index contributed by atoms with van der Waals surface area (Å²) in [5.74, 6) is 0.829. The van der Waals surface area contributed by atoms with Crippen molar-refractivity contribution in [3.8, 4) is 11.1 Å². The summed E-state index contributed by atoms with van der Waals surface area (Å²) in [7, 11) is 0. The molecule has 2 aromatic carbocycles. The van der Waals surface area contributed by atoms with Crippen molar-refractivity contribution in [1.82, 2.24) is 0 Å². The number of hydrogen-bond acceptors (Lipinski definition) is 2. The van der Waals surface area contributed by atoms with E-state index in [1.54, 1.807) is 30.3 Å². The van der Waals surface area contributed by atoms with E-state index in [9.17, 15) is 9.18 Å². The van der Waals surface area contributed by atoms with Crippen LogP contribution in [0.25, 0.3) is 11.1 Å². The molecular formula is C26H33FO2. The smallest absolute Gasteiger partial charge is 0.338 e. The molecule has 1 aliphatic rings. The number of benzene rings is 2. The predicted molar refractivity (Wildman–Crippen MR) is 117 cm³/mol. The van der Waals surface area contributed by atoms with Crippen molar-refractivity contribution >= 4 is 5.97 Å². The van der Waals surface area contributed by atoms with Gasteiger partial charge in [0.25, 0.3) is 0 Å². The molecule has 0 N–H and O–H groups in total. The summed E-state index contributed by atoms with van der Waals surface area (Å²) in [5, 5.41) is 0. The summed E-state index contributed by atoms with van der Waals surface area (Å²) in [6.07, 6.45) is 9.28. The molecule has 0 heterocycles. The molecule has 2 aromatic rings. The van der Waals surface area contributed by atoms with Gasteiger partial charge in [0.05, 0.1) is 12.2 Å². The van der Waals surface area contributed by atoms with Gasteiger partial charge in [0.1, 0.15) is 5.82 Å². The predicted octanol–water partition coefficient (Wildman–Crippen LogP) is 7.52. The van der Waals surface area contributed by atoms with Crippen molar-refractivity contribution in [3.05, 3.63) is 59.4 Å². The largest absolute Gasteiger partial charge is 0.462 e. The first-order valence-electron chi connectivity index (χ1n) is 11.2. The maximum atomic E-state index is 14.9. The van der Waals surface area contributed by atoms with Gasteiger partial charge in [0, 0.05) is 5.56 Å². The average molecular weight is 397 g/mol. The fourth-order valence-corrected chi connectivity index (χ4v) is 4.39. The molecule has 156 valence electrons. The number of rotatable bonds is 8. The highest BCUT2D eigenvalue weighted by atomic mass is 19.1. The minimum absolute atomic E-state index is 0.184. The van der Waals surface area contributed by atoms with Crippen molar-refractivity contribution in [1.29, 1.82) is 0 Å². The van der Waals surface area contributed by atoms with Gasteiger partial charge in [-0.3, -0.25) is 0 Å². The highest BCUT2D eigenvalue weighted by Crippen LogP contribution is 2.38. The Hall–Kier alpha value is -2.16. The monoisotopic (exact) mass is 396 g/mol. The second-order valence-corrected chi connectivity index (χ2v) is 8.31. The summed E-state index contributed by atoms with van der Waals surface area (Å²) in [4.78, 5) is 12.0. The number of esters is 1. The molecular weight excluding hydrogens is 363 g/mol. The normalized spacial score (nSPS) is 19.1. The summed E-state index contributed by atoms with van der Waals surface area (Å²) in [5.41, 5.74) is 2.99. The van der Waals surface area contributed by atoms with E-state index in [1.807, 2.05) is 6.07 Å². The van der Waals surface area contributed by atoms with Crippen LogP contribution in [0.1, 0.15) is 87.1 Å². The van der Waals surface area contributed by atoms with Crippen molar-refractivity contribution in [2.24, 2.45) is 5.92 Å². The van der Waals surface area contributed by atoms with Crippen LogP contribution in [0.5, 0.6) is 0 Å². The Kier molecular flexibility index (Phi) is 7.85. The highest BCUT2D eigenvalue weighted by Gasteiger charge is 2.22. The third kappa shape index (κ3) is 5.68. The molecule has 0 saturated heterocycles. The Labute approximate surface area is 174 Å². The number of carbonyl (C=O) groups is 1. The molecule has 3 rings (SSSR count). The second kappa shape index (κ2) is 10.6. The Morgan fingerprint density at radius 1 is 1.00 bits per heavy atom. The summed E-state index contributed by atoms with van der Waals surface area (Å²) < 4.78 is 20.1. The van der Waals surface area contributed by atoms with E-state index < -0.39 is 0 Å².